The Hall–Kier alpha value is -12.7. The molecule has 5 aromatic heterocycles. The van der Waals surface area contributed by atoms with E-state index in [-0.39, 0.29) is 91.9 Å². The number of nitrogens with zero attached hydrogens (tertiary/aromatic N) is 9. The minimum Gasteiger partial charge on any atom is -0.394 e. The number of halogens is 10. The van der Waals surface area contributed by atoms with Crippen molar-refractivity contribution in [1.82, 2.24) is 65.9 Å². The number of nitrogen functional groups attached to an aromatic ring is 4. The third kappa shape index (κ3) is 26.4. The van der Waals surface area contributed by atoms with Crippen molar-refractivity contribution < 1.29 is 85.0 Å². The predicted molar refractivity (Wildman–Crippen MR) is 518 cm³/mol. The van der Waals surface area contributed by atoms with Gasteiger partial charge in [0.25, 0.3) is 23.6 Å². The Morgan fingerprint density at radius 2 is 0.826 bits per heavy atom. The van der Waals surface area contributed by atoms with Crippen LogP contribution in [0.1, 0.15) is 205 Å². The quantitative estimate of drug-likeness (QED) is 0.0250. The summed E-state index contributed by atoms with van der Waals surface area (Å²) in [6.07, 6.45) is 12.5. The van der Waals surface area contributed by atoms with Crippen LogP contribution >= 0.6 is 55.1 Å². The number of nitrogens with one attached hydrogen (secondary N) is 4. The van der Waals surface area contributed by atoms with Crippen molar-refractivity contribution in [2.45, 2.75) is 144 Å². The summed E-state index contributed by atoms with van der Waals surface area (Å²) >= 11 is 18.3. The van der Waals surface area contributed by atoms with Crippen LogP contribution in [0.25, 0.3) is 56.0 Å². The van der Waals surface area contributed by atoms with Gasteiger partial charge in [0.15, 0.2) is 0 Å². The largest absolute Gasteiger partial charge is 0.394 e. The van der Waals surface area contributed by atoms with E-state index in [0.29, 0.717) is 121 Å². The molecule has 2 aliphatic carbocycles. The molecule has 16 rings (SSSR count). The summed E-state index contributed by atoms with van der Waals surface area (Å²) in [6.45, 7) is 2.65. The highest BCUT2D eigenvalue weighted by atomic mass is 79.9. The van der Waals surface area contributed by atoms with Crippen molar-refractivity contribution in [3.05, 3.63) is 316 Å². The Kier molecular flexibility index (Phi) is 33.6. The summed E-state index contributed by atoms with van der Waals surface area (Å²) in [6, 6.07) is 32.6. The molecule has 28 nitrogen and oxygen atoms in total. The van der Waals surface area contributed by atoms with Gasteiger partial charge in [-0.1, -0.05) is 104 Å². The summed E-state index contributed by atoms with van der Waals surface area (Å²) in [5.41, 5.74) is 30.8. The number of aryl methyl sites for hydroxylation is 1. The van der Waals surface area contributed by atoms with Crippen molar-refractivity contribution in [2.24, 2.45) is 7.05 Å². The van der Waals surface area contributed by atoms with Gasteiger partial charge in [-0.05, 0) is 221 Å². The lowest BCUT2D eigenvalue weighted by Crippen LogP contribution is -2.35. The fraction of sp³-hybridized carbons (Fsp3) is 0.280. The van der Waals surface area contributed by atoms with E-state index in [0.717, 1.165) is 72.8 Å². The third-order valence-corrected chi connectivity index (χ3v) is 24.7. The van der Waals surface area contributed by atoms with E-state index in [1.165, 1.54) is 86.8 Å². The highest BCUT2D eigenvalue weighted by molar-refractivity contribution is 9.10. The molecule has 13 aromatic rings. The second kappa shape index (κ2) is 47.1. The summed E-state index contributed by atoms with van der Waals surface area (Å²) in [7, 11) is 1.81. The second-order valence-electron chi connectivity index (χ2n) is 33.1. The fourth-order valence-corrected chi connectivity index (χ4v) is 17.3. The maximum absolute atomic E-state index is 15.1. The smallest absolute Gasteiger partial charge is 0.254 e. The summed E-state index contributed by atoms with van der Waals surface area (Å²) in [5.74, 6) is -7.00. The van der Waals surface area contributed by atoms with E-state index < -0.39 is 120 Å². The molecule has 720 valence electrons. The number of amides is 4. The van der Waals surface area contributed by atoms with Crippen LogP contribution in [0.5, 0.6) is 0 Å². The van der Waals surface area contributed by atoms with E-state index >= 15 is 17.6 Å². The first kappa shape index (κ1) is 98.3. The van der Waals surface area contributed by atoms with Gasteiger partial charge in [0, 0.05) is 103 Å². The standard InChI is InChI=1S/2C25H25BrF2N4O3.C25H23ClFN5O2.C25H26ClFN4O3/c2*26-16-7-15(8-17(27)10-16)22(12-33)32-25(35)19-6-3-14(9-20(19)28)23-24(29)30-11-21(31-23)13-1-4-18(34)5-2-13;1-14(33)23(16-4-3-5-19(26)8-16)31-25(34)20-7-6-15(10-22(20)27)21-9-17(11-29-24(21)28)18-12-30-32(2)13-18;1-14(32)22(16-3-2-4-18(26)11-16)31-25(33)19-6-5-17(12-20(19)27)23-24(28)29-13-21(30-23)15-7-9-34-10-8-15/h2*3,6-11,13,18,22,33-34H,1-2,4-5,12H2,(H2,29,30)(H,32,35);3-14,23,33H,1-2H3,(H2,28,29)(H,31,34);2-6,11-15,22,32H,7-10H2,1H3,(H2,28,29)(H,31,33)/t2*13?,18?,22-;14-,23-;14-,22-/m1111/s1/i18D,22D;22D;;. The van der Waals surface area contributed by atoms with Gasteiger partial charge in [-0.3, -0.25) is 23.9 Å². The fourth-order valence-electron chi connectivity index (χ4n) is 16.0. The Labute approximate surface area is 821 Å². The molecule has 0 spiro atoms. The molecule has 1 aliphatic heterocycles. The number of aliphatic hydroxyl groups is 6. The van der Waals surface area contributed by atoms with E-state index in [1.54, 1.807) is 96.2 Å². The van der Waals surface area contributed by atoms with Crippen LogP contribution in [-0.4, -0.2) is 150 Å². The molecule has 4 amide bonds. The summed E-state index contributed by atoms with van der Waals surface area (Å²) in [4.78, 5) is 82.0. The highest BCUT2D eigenvalue weighted by Gasteiger charge is 2.32. The summed E-state index contributed by atoms with van der Waals surface area (Å²) < 4.78 is 120. The van der Waals surface area contributed by atoms with Crippen molar-refractivity contribution in [3.8, 4) is 56.0 Å². The molecule has 0 unspecified atom stereocenters. The number of hydrogen-bond donors (Lipinski definition) is 14. The molecule has 6 heterocycles. The lowest BCUT2D eigenvalue weighted by molar-refractivity contribution is 0.0844. The van der Waals surface area contributed by atoms with Gasteiger partial charge in [0.2, 0.25) is 0 Å². The van der Waals surface area contributed by atoms with E-state index in [2.05, 4.69) is 93.1 Å². The molecule has 0 bridgehead atoms. The maximum Gasteiger partial charge on any atom is 0.254 e. The lowest BCUT2D eigenvalue weighted by Gasteiger charge is -2.25. The van der Waals surface area contributed by atoms with Crippen LogP contribution in [-0.2, 0) is 11.8 Å². The highest BCUT2D eigenvalue weighted by Crippen LogP contribution is 2.40. The Bertz CT molecular complexity index is 6710. The van der Waals surface area contributed by atoms with Crippen molar-refractivity contribution in [3.63, 3.8) is 0 Å². The van der Waals surface area contributed by atoms with Gasteiger partial charge in [0.1, 0.15) is 75.3 Å². The number of aliphatic hydroxyl groups excluding tert-OH is 5. The van der Waals surface area contributed by atoms with E-state index in [1.807, 2.05) is 13.2 Å². The second-order valence-corrected chi connectivity index (χ2v) is 35.9. The maximum atomic E-state index is 15.1. The predicted octanol–water partition coefficient (Wildman–Crippen LogP) is 17.1. The SMILES string of the molecule is C[C@@H](O)[C@@H](NC(=O)c1ccc(-c2cc(-c3cnn(C)c3)cnc2N)cc1F)c1cccc(Cl)c1.C[C@@H](O)[C@@H](NC(=O)c1ccc(-c2nc(C3CCOCC3)cnc2N)cc1F)c1cccc(Cl)c1.[2H]C1(O)CCC(c2cnc(N)c(-c3ccc(C(=O)N[C@]([2H])(CO)c4cc(F)cc(Br)c4)c(F)c3)n2)CC1.[2H][C@](CO)(NC(=O)c1ccc(-c2nc(C3CCC(O)CC3)cnc2N)cc1F)c1cc(F)cc(Br)c1. The van der Waals surface area contributed by atoms with Crippen molar-refractivity contribution >= 4 is 102 Å². The minimum atomic E-state index is -2.12. The molecule has 2 saturated carbocycles. The average Bonchev–Trinajstić information content (AvgIpc) is 1.52. The zero-order chi connectivity index (χ0) is 102. The van der Waals surface area contributed by atoms with Gasteiger partial charge in [0.05, 0.1) is 130 Å². The lowest BCUT2D eigenvalue weighted by atomic mass is 9.85. The number of carbonyl (C=O) groups excluding carboxylic acids is 4. The number of hydrogen-bond acceptors (Lipinski definition) is 23. The van der Waals surface area contributed by atoms with E-state index in [4.69, 9.17) is 55.0 Å². The van der Waals surface area contributed by atoms with Gasteiger partial charge in [-0.25, -0.2) is 61.2 Å². The number of anilines is 4. The minimum absolute atomic E-state index is 0.0163. The molecule has 6 atom stereocenters. The normalized spacial score (nSPS) is 18.0. The Balaban J connectivity index is 0.000000158. The van der Waals surface area contributed by atoms with Crippen LogP contribution < -0.4 is 44.2 Å². The molecule has 138 heavy (non-hydrogen) atoms. The van der Waals surface area contributed by atoms with Crippen LogP contribution in [0.2, 0.25) is 10.0 Å². The van der Waals surface area contributed by atoms with Crippen molar-refractivity contribution in [1.29, 1.82) is 0 Å². The number of carbonyl (C=O) groups is 4. The molecule has 8 aromatic carbocycles. The first-order chi connectivity index (χ1) is 67.0. The average molecular weight is 2060 g/mol. The number of pyridine rings is 1. The van der Waals surface area contributed by atoms with Crippen LogP contribution in [0, 0.1) is 34.9 Å². The monoisotopic (exact) mass is 2060 g/mol. The third-order valence-electron chi connectivity index (χ3n) is 23.4. The topological polar surface area (TPSA) is 459 Å². The molecule has 18 N–H and O–H groups in total. The zero-order valence-corrected chi connectivity index (χ0v) is 79.1. The Morgan fingerprint density at radius 1 is 0.457 bits per heavy atom. The van der Waals surface area contributed by atoms with Gasteiger partial charge >= 0.3 is 0 Å². The van der Waals surface area contributed by atoms with E-state index in [9.17, 15) is 58.6 Å². The van der Waals surface area contributed by atoms with Gasteiger partial charge in [-0.2, -0.15) is 5.10 Å². The molecule has 38 heteroatoms. The molecular formula is C100H99Br2Cl2F6N17O11. The number of ether oxygens (including phenoxy) is 1. The Morgan fingerprint density at radius 3 is 1.19 bits per heavy atom. The molecule has 0 radical (unpaired) electrons. The van der Waals surface area contributed by atoms with Crippen LogP contribution in [0.15, 0.2) is 210 Å². The van der Waals surface area contributed by atoms with Gasteiger partial charge in [-0.15, -0.1) is 0 Å². The number of nitrogens with two attached hydrogens (primary N) is 4. The first-order valence-electron chi connectivity index (χ1n) is 45.1. The van der Waals surface area contributed by atoms with Crippen molar-refractivity contribution in [2.75, 3.05) is 49.4 Å². The van der Waals surface area contributed by atoms with Crippen LogP contribution in [0.4, 0.5) is 49.6 Å². The molecule has 3 fully saturated rings. The molecular weight excluding hydrogens is 1960 g/mol. The first-order valence-corrected chi connectivity index (χ1v) is 46.0. The summed E-state index contributed by atoms with van der Waals surface area (Å²) in [5, 5.41) is 74.6. The number of benzene rings is 8. The zero-order valence-electron chi connectivity index (χ0n) is 77.4. The number of rotatable bonds is 24. The van der Waals surface area contributed by atoms with Gasteiger partial charge < -0.3 is 79.6 Å². The molecule has 1 saturated heterocycles. The van der Waals surface area contributed by atoms with Crippen LogP contribution in [0.3, 0.4) is 0 Å². The molecule has 3 aliphatic rings. The number of aromatic nitrogens is 9.